The fourth-order valence-corrected chi connectivity index (χ4v) is 10.1. The first-order chi connectivity index (χ1) is 30.7. The van der Waals surface area contributed by atoms with Gasteiger partial charge in [-0.2, -0.15) is 0 Å². The van der Waals surface area contributed by atoms with Crippen molar-refractivity contribution in [2.45, 2.75) is 180 Å². The molecule has 4 rings (SSSR count). The maximum Gasteiger partial charge on any atom is 0.329 e. The number of amides is 1. The van der Waals surface area contributed by atoms with Gasteiger partial charge in [0.2, 0.25) is 5.79 Å². The third-order valence-electron chi connectivity index (χ3n) is 14.5. The minimum absolute atomic E-state index is 0.0193. The lowest BCUT2D eigenvalue weighted by Crippen LogP contribution is -2.61. The second-order valence-electron chi connectivity index (χ2n) is 19.6. The number of piperidine rings is 1. The number of fused-ring (bicyclic) bond motifs is 3. The molecule has 4 aliphatic rings. The molecular formula is C51H79NO13. The summed E-state index contributed by atoms with van der Waals surface area (Å²) < 4.78 is 29.4. The number of aliphatic hydroxyl groups is 3. The number of methoxy groups -OCH3 is 3. The Balaban J connectivity index is 1.70. The van der Waals surface area contributed by atoms with Gasteiger partial charge in [0.15, 0.2) is 5.78 Å². The van der Waals surface area contributed by atoms with Crippen molar-refractivity contribution in [3.63, 3.8) is 0 Å². The van der Waals surface area contributed by atoms with E-state index in [1.54, 1.807) is 41.1 Å². The Morgan fingerprint density at radius 2 is 1.57 bits per heavy atom. The number of hydrogen-bond acceptors (Lipinski definition) is 13. The molecule has 3 aliphatic heterocycles. The largest absolute Gasteiger partial charge is 0.460 e. The van der Waals surface area contributed by atoms with Crippen LogP contribution in [0.15, 0.2) is 47.6 Å². The van der Waals surface area contributed by atoms with Gasteiger partial charge in [0.05, 0.1) is 24.4 Å². The number of esters is 1. The van der Waals surface area contributed by atoms with Crippen LogP contribution in [0.1, 0.15) is 126 Å². The van der Waals surface area contributed by atoms with Gasteiger partial charge in [0.25, 0.3) is 11.7 Å². The molecule has 14 heteroatoms. The summed E-state index contributed by atoms with van der Waals surface area (Å²) in [4.78, 5) is 71.8. The lowest BCUT2D eigenvalue weighted by atomic mass is 9.78. The molecule has 1 amide bonds. The highest BCUT2D eigenvalue weighted by Gasteiger charge is 2.53. The van der Waals surface area contributed by atoms with Crippen molar-refractivity contribution in [2.24, 2.45) is 35.5 Å². The number of cyclic esters (lactones) is 1. The number of nitrogens with zero attached hydrogens (tertiary/aromatic N) is 1. The number of ketones is 3. The summed E-state index contributed by atoms with van der Waals surface area (Å²) in [6, 6.07) is -1.14. The summed E-state index contributed by atoms with van der Waals surface area (Å²) in [6.45, 7) is 12.7. The zero-order valence-electron chi connectivity index (χ0n) is 40.6. The van der Waals surface area contributed by atoms with E-state index in [9.17, 15) is 39.3 Å². The molecule has 0 aromatic rings. The number of carbonyl (C=O) groups excluding carboxylic acids is 5. The average Bonchev–Trinajstić information content (AvgIpc) is 3.28. The van der Waals surface area contributed by atoms with E-state index in [1.165, 1.54) is 12.0 Å². The molecule has 0 radical (unpaired) electrons. The number of allylic oxidation sites excluding steroid dienone is 6. The zero-order chi connectivity index (χ0) is 48.2. The van der Waals surface area contributed by atoms with Crippen molar-refractivity contribution in [2.75, 3.05) is 27.9 Å². The first-order valence-corrected chi connectivity index (χ1v) is 23.9. The first-order valence-electron chi connectivity index (χ1n) is 23.9. The second kappa shape index (κ2) is 25.1. The van der Waals surface area contributed by atoms with E-state index in [-0.39, 0.29) is 54.8 Å². The molecule has 15 atom stereocenters. The van der Waals surface area contributed by atoms with Crippen LogP contribution in [-0.2, 0) is 47.7 Å². The van der Waals surface area contributed by atoms with Crippen molar-refractivity contribution in [3.8, 4) is 0 Å². The van der Waals surface area contributed by atoms with Gasteiger partial charge in [-0.1, -0.05) is 71.1 Å². The van der Waals surface area contributed by atoms with E-state index >= 15 is 0 Å². The molecule has 0 aromatic carbocycles. The Morgan fingerprint density at radius 3 is 2.25 bits per heavy atom. The molecule has 65 heavy (non-hydrogen) atoms. The number of Topliss-reactive ketones (excluding diaryl/α,β-unsaturated/α-hetero) is 3. The van der Waals surface area contributed by atoms with Gasteiger partial charge in [-0.3, -0.25) is 19.2 Å². The first kappa shape index (κ1) is 54.2. The van der Waals surface area contributed by atoms with Crippen LogP contribution in [0.5, 0.6) is 0 Å². The summed E-state index contributed by atoms with van der Waals surface area (Å²) in [5.41, 5.74) is 1.27. The quantitative estimate of drug-likeness (QED) is 0.156. The van der Waals surface area contributed by atoms with Crippen LogP contribution in [0.4, 0.5) is 0 Å². The van der Waals surface area contributed by atoms with Crippen LogP contribution in [-0.4, -0.2) is 132 Å². The Labute approximate surface area is 387 Å². The number of ether oxygens (including phenoxy) is 5. The van der Waals surface area contributed by atoms with Crippen LogP contribution >= 0.6 is 0 Å². The highest BCUT2D eigenvalue weighted by Crippen LogP contribution is 2.38. The molecule has 1 aliphatic carbocycles. The van der Waals surface area contributed by atoms with E-state index in [0.29, 0.717) is 63.4 Å². The highest BCUT2D eigenvalue weighted by molar-refractivity contribution is 6.39. The van der Waals surface area contributed by atoms with E-state index in [0.717, 1.165) is 12.0 Å². The van der Waals surface area contributed by atoms with Crippen molar-refractivity contribution in [1.82, 2.24) is 4.90 Å². The molecule has 14 nitrogen and oxygen atoms in total. The Bertz CT molecular complexity index is 1760. The topological polar surface area (TPSA) is 195 Å². The van der Waals surface area contributed by atoms with Gasteiger partial charge in [0.1, 0.15) is 30.1 Å². The van der Waals surface area contributed by atoms with E-state index < -0.39 is 83.9 Å². The Morgan fingerprint density at radius 1 is 0.846 bits per heavy atom. The van der Waals surface area contributed by atoms with Crippen molar-refractivity contribution < 1.29 is 63.0 Å². The van der Waals surface area contributed by atoms with Crippen LogP contribution in [0, 0.1) is 35.5 Å². The van der Waals surface area contributed by atoms with Gasteiger partial charge in [0, 0.05) is 58.5 Å². The summed E-state index contributed by atoms with van der Waals surface area (Å²) in [7, 11) is 4.52. The third kappa shape index (κ3) is 14.3. The van der Waals surface area contributed by atoms with Crippen molar-refractivity contribution >= 4 is 29.2 Å². The third-order valence-corrected chi connectivity index (χ3v) is 14.5. The van der Waals surface area contributed by atoms with Gasteiger partial charge in [-0.05, 0) is 107 Å². The minimum atomic E-state index is -2.43. The molecule has 3 N–H and O–H groups in total. The average molecular weight is 914 g/mol. The minimum Gasteiger partial charge on any atom is -0.460 e. The molecule has 2 saturated heterocycles. The Hall–Kier alpha value is -3.37. The number of carbonyl (C=O) groups is 5. The molecule has 3 heterocycles. The molecule has 366 valence electrons. The maximum absolute atomic E-state index is 14.4. The smallest absolute Gasteiger partial charge is 0.329 e. The Kier molecular flexibility index (Phi) is 21.0. The molecule has 1 saturated carbocycles. The maximum atomic E-state index is 14.4. The molecule has 2 bridgehead atoms. The molecule has 0 spiro atoms. The molecule has 2 unspecified atom stereocenters. The monoisotopic (exact) mass is 914 g/mol. The zero-order valence-corrected chi connectivity index (χ0v) is 40.6. The normalized spacial score (nSPS) is 40.4. The fourth-order valence-electron chi connectivity index (χ4n) is 10.1. The highest BCUT2D eigenvalue weighted by atomic mass is 16.6. The second-order valence-corrected chi connectivity index (χ2v) is 19.6. The summed E-state index contributed by atoms with van der Waals surface area (Å²) in [5.74, 6) is -7.96. The predicted octanol–water partition coefficient (Wildman–Crippen LogP) is 6.18. The van der Waals surface area contributed by atoms with Crippen molar-refractivity contribution in [1.29, 1.82) is 0 Å². The summed E-state index contributed by atoms with van der Waals surface area (Å²) in [5, 5.41) is 33.8. The van der Waals surface area contributed by atoms with Crippen LogP contribution < -0.4 is 0 Å². The molecule has 3 fully saturated rings. The molecular weight excluding hydrogens is 835 g/mol. The van der Waals surface area contributed by atoms with Gasteiger partial charge >= 0.3 is 5.97 Å². The lowest BCUT2D eigenvalue weighted by molar-refractivity contribution is -0.265. The van der Waals surface area contributed by atoms with Crippen molar-refractivity contribution in [3.05, 3.63) is 47.6 Å². The lowest BCUT2D eigenvalue weighted by Gasteiger charge is -2.42. The molecule has 0 aromatic heterocycles. The summed E-state index contributed by atoms with van der Waals surface area (Å²) in [6.07, 6.45) is 11.2. The number of aliphatic hydroxyl groups excluding tert-OH is 2. The van der Waals surface area contributed by atoms with Crippen LogP contribution in [0.3, 0.4) is 0 Å². The number of hydrogen-bond donors (Lipinski definition) is 3. The van der Waals surface area contributed by atoms with E-state index in [2.05, 4.69) is 0 Å². The fraction of sp³-hybridized carbons (Fsp3) is 0.745. The van der Waals surface area contributed by atoms with Gasteiger partial charge in [-0.25, -0.2) is 4.79 Å². The van der Waals surface area contributed by atoms with Crippen LogP contribution in [0.25, 0.3) is 0 Å². The number of rotatable bonds is 6. The predicted molar refractivity (Wildman–Crippen MR) is 245 cm³/mol. The van der Waals surface area contributed by atoms with E-state index in [1.807, 2.05) is 58.1 Å². The standard InChI is InChI=1S/C51H79NO13/c1-30-16-12-11-13-17-31(2)42(61-8)28-38-21-19-36(7)51(60,65-38)48(57)49(58)52-23-15-14-18-39(52)50(59)64-43(33(4)26-37-20-22-40(53)44(27-37)62-9)29-41(54)32(3)25-35(6)46(56)47(63-10)45(55)34(5)24-30/h11-13,16-17,25,30,32-34,36-40,42-44,46-47,53,56,60H,14-15,18-24,26-29H2,1-10H3/b13-11+,16-12+,31-17+,35-25+/t30-,32?,33-,34?,36-,37+,38+,39+,40-,42+,43+,44-,46-,47+,51-/m1/s1. The van der Waals surface area contributed by atoms with Gasteiger partial charge in [-0.15, -0.1) is 0 Å². The van der Waals surface area contributed by atoms with Crippen LogP contribution in [0.2, 0.25) is 0 Å². The SMILES string of the molecule is CO[C@H]1C[C@@H]2CC[C@@H](C)[C@@](O)(O2)C(=O)C(=O)N2CCCC[C@H]2C(=O)O[C@H]([C@H](C)C[C@@H]2CC[C@@H](O)[C@H](OC)C2)CC(=O)C(C)/C=C(\C)[C@@H](O)[C@@H](OC)C(=O)C(C)C[C@H](C)/C=C/C=C/C=C/1C. The summed E-state index contributed by atoms with van der Waals surface area (Å²) >= 11 is 0. The van der Waals surface area contributed by atoms with Gasteiger partial charge < -0.3 is 43.9 Å². The van der Waals surface area contributed by atoms with E-state index in [4.69, 9.17) is 23.7 Å².